The minimum atomic E-state index is -0.530. The molecule has 1 fully saturated rings. The molecule has 3 amide bonds. The zero-order valence-corrected chi connectivity index (χ0v) is 25.6. The Balaban J connectivity index is 1.21. The first-order chi connectivity index (χ1) is 20.2. The number of amides is 3. The topological polar surface area (TPSA) is 106 Å². The molecule has 0 aromatic heterocycles. The van der Waals surface area contributed by atoms with E-state index in [1.165, 1.54) is 11.1 Å². The van der Waals surface area contributed by atoms with Crippen LogP contribution in [-0.4, -0.2) is 43.3 Å². The number of alkyl carbamates (subject to hydrolysis) is 2. The van der Waals surface area contributed by atoms with Crippen molar-refractivity contribution in [2.75, 3.05) is 19.6 Å². The van der Waals surface area contributed by atoms with Gasteiger partial charge < -0.3 is 25.4 Å². The van der Waals surface area contributed by atoms with E-state index in [1.807, 2.05) is 51.1 Å². The molecule has 3 rings (SSSR count). The Hall–Kier alpha value is -3.55. The SMILES string of the molecule is CC(C)(C)OC(=O)NCCNC(=O)CCC1CCC(c2ccc(CCCCNC(=O)OCc3ccccc3)cc2)CC1. The molecule has 0 atom stereocenters. The molecule has 8 heteroatoms. The molecule has 0 heterocycles. The molecule has 0 spiro atoms. The highest BCUT2D eigenvalue weighted by Crippen LogP contribution is 2.37. The number of hydrogen-bond donors (Lipinski definition) is 3. The van der Waals surface area contributed by atoms with E-state index in [2.05, 4.69) is 40.2 Å². The van der Waals surface area contributed by atoms with Gasteiger partial charge in [0.15, 0.2) is 0 Å². The first kappa shape index (κ1) is 33.0. The molecular weight excluding hydrogens is 530 g/mol. The molecule has 3 N–H and O–H groups in total. The second-order valence-electron chi connectivity index (χ2n) is 12.2. The van der Waals surface area contributed by atoms with E-state index in [-0.39, 0.29) is 18.6 Å². The summed E-state index contributed by atoms with van der Waals surface area (Å²) in [5.74, 6) is 1.22. The lowest BCUT2D eigenvalue weighted by molar-refractivity contribution is -0.121. The van der Waals surface area contributed by atoms with Gasteiger partial charge in [-0.05, 0) is 101 Å². The van der Waals surface area contributed by atoms with Crippen LogP contribution in [0.4, 0.5) is 9.59 Å². The summed E-state index contributed by atoms with van der Waals surface area (Å²) < 4.78 is 10.4. The predicted octanol–water partition coefficient (Wildman–Crippen LogP) is 6.63. The van der Waals surface area contributed by atoms with Crippen molar-refractivity contribution < 1.29 is 23.9 Å². The quantitative estimate of drug-likeness (QED) is 0.218. The normalized spacial score (nSPS) is 16.7. The molecule has 0 radical (unpaired) electrons. The number of unbranched alkanes of at least 4 members (excludes halogenated alkanes) is 1. The van der Waals surface area contributed by atoms with Gasteiger partial charge in [-0.25, -0.2) is 9.59 Å². The van der Waals surface area contributed by atoms with Crippen LogP contribution in [0.25, 0.3) is 0 Å². The molecule has 8 nitrogen and oxygen atoms in total. The van der Waals surface area contributed by atoms with E-state index in [0.717, 1.165) is 56.9 Å². The number of carbonyl (C=O) groups is 3. The lowest BCUT2D eigenvalue weighted by Crippen LogP contribution is -2.37. The van der Waals surface area contributed by atoms with E-state index < -0.39 is 11.7 Å². The van der Waals surface area contributed by atoms with E-state index in [0.29, 0.717) is 37.9 Å². The molecule has 2 aromatic rings. The third kappa shape index (κ3) is 13.4. The van der Waals surface area contributed by atoms with Crippen molar-refractivity contribution in [1.82, 2.24) is 16.0 Å². The second-order valence-corrected chi connectivity index (χ2v) is 12.2. The summed E-state index contributed by atoms with van der Waals surface area (Å²) in [4.78, 5) is 35.7. The summed E-state index contributed by atoms with van der Waals surface area (Å²) in [6.07, 6.45) is 8.16. The number of benzene rings is 2. The van der Waals surface area contributed by atoms with Crippen molar-refractivity contribution in [2.24, 2.45) is 5.92 Å². The summed E-state index contributed by atoms with van der Waals surface area (Å²) in [6, 6.07) is 18.7. The van der Waals surface area contributed by atoms with Crippen molar-refractivity contribution >= 4 is 18.1 Å². The smallest absolute Gasteiger partial charge is 0.407 e. The maximum absolute atomic E-state index is 12.2. The monoisotopic (exact) mass is 579 g/mol. The number of nitrogens with one attached hydrogen (secondary N) is 3. The Morgan fingerprint density at radius 2 is 1.43 bits per heavy atom. The molecule has 2 aromatic carbocycles. The number of aryl methyl sites for hydroxylation is 1. The van der Waals surface area contributed by atoms with E-state index in [9.17, 15) is 14.4 Å². The maximum Gasteiger partial charge on any atom is 0.407 e. The molecule has 1 aliphatic rings. The largest absolute Gasteiger partial charge is 0.445 e. The van der Waals surface area contributed by atoms with Crippen molar-refractivity contribution in [3.8, 4) is 0 Å². The molecular formula is C34H49N3O5. The van der Waals surface area contributed by atoms with Gasteiger partial charge >= 0.3 is 12.2 Å². The highest BCUT2D eigenvalue weighted by molar-refractivity contribution is 5.76. The van der Waals surface area contributed by atoms with Crippen LogP contribution in [-0.2, 0) is 27.3 Å². The summed E-state index contributed by atoms with van der Waals surface area (Å²) in [5, 5.41) is 8.37. The number of ether oxygens (including phenoxy) is 2. The van der Waals surface area contributed by atoms with Crippen LogP contribution in [0.3, 0.4) is 0 Å². The molecule has 1 aliphatic carbocycles. The first-order valence-corrected chi connectivity index (χ1v) is 15.4. The molecule has 0 aliphatic heterocycles. The summed E-state index contributed by atoms with van der Waals surface area (Å²) in [5.41, 5.74) is 3.19. The highest BCUT2D eigenvalue weighted by Gasteiger charge is 2.23. The Kier molecular flexibility index (Phi) is 13.7. The van der Waals surface area contributed by atoms with Gasteiger partial charge in [-0.3, -0.25) is 4.79 Å². The van der Waals surface area contributed by atoms with Crippen molar-refractivity contribution in [1.29, 1.82) is 0 Å². The fourth-order valence-electron chi connectivity index (χ4n) is 5.26. The minimum Gasteiger partial charge on any atom is -0.445 e. The minimum absolute atomic E-state index is 0.0393. The standard InChI is InChI=1S/C34H49N3O5/c1-34(2,3)42-33(40)37-24-23-35-31(38)21-16-27-14-19-30(20-15-27)29-17-12-26(13-18-29)9-7-8-22-36-32(39)41-25-28-10-5-4-6-11-28/h4-6,10-13,17-18,27,30H,7-9,14-16,19-25H2,1-3H3,(H,35,38)(H,36,39)(H,37,40). The average molecular weight is 580 g/mol. The maximum atomic E-state index is 12.2. The van der Waals surface area contributed by atoms with Crippen LogP contribution in [0.1, 0.15) is 94.7 Å². The lowest BCUT2D eigenvalue weighted by Gasteiger charge is -2.29. The Morgan fingerprint density at radius 1 is 0.762 bits per heavy atom. The summed E-state index contributed by atoms with van der Waals surface area (Å²) in [7, 11) is 0. The highest BCUT2D eigenvalue weighted by atomic mass is 16.6. The van der Waals surface area contributed by atoms with E-state index in [1.54, 1.807) is 0 Å². The van der Waals surface area contributed by atoms with Crippen LogP contribution in [0.2, 0.25) is 0 Å². The molecule has 0 saturated heterocycles. The predicted molar refractivity (Wildman–Crippen MR) is 165 cm³/mol. The third-order valence-corrected chi connectivity index (χ3v) is 7.57. The molecule has 0 unspecified atom stereocenters. The van der Waals surface area contributed by atoms with Crippen molar-refractivity contribution in [3.63, 3.8) is 0 Å². The van der Waals surface area contributed by atoms with Crippen molar-refractivity contribution in [2.45, 2.75) is 96.7 Å². The van der Waals surface area contributed by atoms with Gasteiger partial charge in [0.25, 0.3) is 0 Å². The number of carbonyl (C=O) groups excluding carboxylic acids is 3. The number of rotatable bonds is 14. The van der Waals surface area contributed by atoms with Gasteiger partial charge in [0.1, 0.15) is 12.2 Å². The van der Waals surface area contributed by atoms with Gasteiger partial charge in [0.2, 0.25) is 5.91 Å². The average Bonchev–Trinajstić information content (AvgIpc) is 2.97. The zero-order valence-electron chi connectivity index (χ0n) is 25.6. The molecule has 0 bridgehead atoms. The van der Waals surface area contributed by atoms with E-state index in [4.69, 9.17) is 9.47 Å². The molecule has 230 valence electrons. The molecule has 42 heavy (non-hydrogen) atoms. The van der Waals surface area contributed by atoms with Gasteiger partial charge in [0.05, 0.1) is 0 Å². The summed E-state index contributed by atoms with van der Waals surface area (Å²) in [6.45, 7) is 7.11. The second kappa shape index (κ2) is 17.4. The van der Waals surface area contributed by atoms with Crippen LogP contribution in [0.5, 0.6) is 0 Å². The van der Waals surface area contributed by atoms with Crippen LogP contribution in [0, 0.1) is 5.92 Å². The zero-order chi connectivity index (χ0) is 30.2. The van der Waals surface area contributed by atoms with Crippen LogP contribution in [0.15, 0.2) is 54.6 Å². The third-order valence-electron chi connectivity index (χ3n) is 7.57. The Labute approximate surface area is 251 Å². The summed E-state index contributed by atoms with van der Waals surface area (Å²) >= 11 is 0. The lowest BCUT2D eigenvalue weighted by atomic mass is 9.77. The fourth-order valence-corrected chi connectivity index (χ4v) is 5.26. The van der Waals surface area contributed by atoms with Crippen molar-refractivity contribution in [3.05, 3.63) is 71.3 Å². The van der Waals surface area contributed by atoms with Gasteiger partial charge in [-0.15, -0.1) is 0 Å². The Morgan fingerprint density at radius 3 is 2.12 bits per heavy atom. The van der Waals surface area contributed by atoms with E-state index >= 15 is 0 Å². The number of hydrogen-bond acceptors (Lipinski definition) is 5. The van der Waals surface area contributed by atoms with Gasteiger partial charge in [-0.1, -0.05) is 54.6 Å². The van der Waals surface area contributed by atoms with Crippen LogP contribution < -0.4 is 16.0 Å². The fraction of sp³-hybridized carbons (Fsp3) is 0.559. The Bertz CT molecular complexity index is 1090. The van der Waals surface area contributed by atoms with Gasteiger partial charge in [-0.2, -0.15) is 0 Å². The van der Waals surface area contributed by atoms with Gasteiger partial charge in [0, 0.05) is 26.1 Å². The molecule has 1 saturated carbocycles. The first-order valence-electron chi connectivity index (χ1n) is 15.4. The van der Waals surface area contributed by atoms with Crippen LogP contribution >= 0.6 is 0 Å².